The summed E-state index contributed by atoms with van der Waals surface area (Å²) in [5.41, 5.74) is 2.44. The number of fused-ring (bicyclic) bond motifs is 1. The average Bonchev–Trinajstić information content (AvgIpc) is 3.39. The van der Waals surface area contributed by atoms with E-state index in [2.05, 4.69) is 39.2 Å². The Balaban J connectivity index is 1.47. The largest absolute Gasteiger partial charge is 0.465 e. The topological polar surface area (TPSA) is 58.6 Å². The van der Waals surface area contributed by atoms with Crippen LogP contribution in [0.3, 0.4) is 0 Å². The van der Waals surface area contributed by atoms with Gasteiger partial charge >= 0.3 is 5.97 Å². The Bertz CT molecular complexity index is 964. The highest BCUT2D eigenvalue weighted by atomic mass is 32.1. The van der Waals surface area contributed by atoms with E-state index in [9.17, 15) is 9.59 Å². The van der Waals surface area contributed by atoms with Gasteiger partial charge in [0.1, 0.15) is 0 Å². The number of hydrogen-bond donors (Lipinski definition) is 1. The van der Waals surface area contributed by atoms with Crippen LogP contribution in [-0.2, 0) is 16.0 Å². The first-order chi connectivity index (χ1) is 13.7. The number of thiophene rings is 2. The van der Waals surface area contributed by atoms with Crippen molar-refractivity contribution in [3.05, 3.63) is 74.1 Å². The third kappa shape index (κ3) is 3.87. The number of nitrogens with one attached hydrogen (secondary N) is 1. The molecule has 1 amide bonds. The zero-order valence-electron chi connectivity index (χ0n) is 15.4. The van der Waals surface area contributed by atoms with Crippen molar-refractivity contribution in [2.45, 2.75) is 12.5 Å². The van der Waals surface area contributed by atoms with Gasteiger partial charge in [0.05, 0.1) is 25.3 Å². The van der Waals surface area contributed by atoms with Crippen LogP contribution in [0.2, 0.25) is 0 Å². The van der Waals surface area contributed by atoms with Crippen LogP contribution in [0.15, 0.2) is 53.2 Å². The summed E-state index contributed by atoms with van der Waals surface area (Å²) in [4.78, 5) is 29.1. The van der Waals surface area contributed by atoms with Crippen LogP contribution < -0.4 is 5.32 Å². The Hall–Kier alpha value is -2.48. The first-order valence-electron chi connectivity index (χ1n) is 8.97. The lowest BCUT2D eigenvalue weighted by atomic mass is 9.98. The van der Waals surface area contributed by atoms with E-state index in [0.717, 1.165) is 13.0 Å². The molecule has 1 aromatic carbocycles. The number of carbonyl (C=O) groups excluding carboxylic acids is 2. The number of anilines is 1. The normalized spacial score (nSPS) is 16.4. The van der Waals surface area contributed by atoms with Gasteiger partial charge in [-0.25, -0.2) is 4.79 Å². The van der Waals surface area contributed by atoms with Crippen molar-refractivity contribution in [3.8, 4) is 0 Å². The third-order valence-corrected chi connectivity index (χ3v) is 6.74. The standard InChI is InChI=1S/C21H20N2O3S2/c1-26-21(25)14-4-6-15(7-5-14)22-19(24)13-23-10-8-17-16(9-12-28-17)20(23)18-3-2-11-27-18/h2-7,9,11-12,20H,8,10,13H2,1H3,(H,22,24)/t20-/m0/s1. The van der Waals surface area contributed by atoms with Gasteiger partial charge in [0.25, 0.3) is 0 Å². The van der Waals surface area contributed by atoms with Gasteiger partial charge in [-0.3, -0.25) is 9.69 Å². The Morgan fingerprint density at radius 1 is 1.14 bits per heavy atom. The Kier molecular flexibility index (Phi) is 5.57. The van der Waals surface area contributed by atoms with Crippen LogP contribution in [0.1, 0.15) is 31.7 Å². The summed E-state index contributed by atoms with van der Waals surface area (Å²) >= 11 is 3.52. The molecule has 4 rings (SSSR count). The summed E-state index contributed by atoms with van der Waals surface area (Å²) in [6.45, 7) is 1.17. The van der Waals surface area contributed by atoms with Crippen LogP contribution in [0, 0.1) is 0 Å². The molecule has 3 heterocycles. The average molecular weight is 413 g/mol. The van der Waals surface area contributed by atoms with Crippen molar-refractivity contribution in [1.82, 2.24) is 4.90 Å². The Morgan fingerprint density at radius 3 is 2.68 bits per heavy atom. The maximum Gasteiger partial charge on any atom is 0.337 e. The highest BCUT2D eigenvalue weighted by Crippen LogP contribution is 2.39. The molecule has 28 heavy (non-hydrogen) atoms. The lowest BCUT2D eigenvalue weighted by Gasteiger charge is -2.34. The van der Waals surface area contributed by atoms with Gasteiger partial charge in [0, 0.05) is 22.0 Å². The molecule has 0 fully saturated rings. The van der Waals surface area contributed by atoms with Crippen molar-refractivity contribution in [3.63, 3.8) is 0 Å². The fraction of sp³-hybridized carbons (Fsp3) is 0.238. The molecule has 0 spiro atoms. The highest BCUT2D eigenvalue weighted by Gasteiger charge is 2.31. The molecule has 0 unspecified atom stereocenters. The van der Waals surface area contributed by atoms with Crippen molar-refractivity contribution >= 4 is 40.2 Å². The predicted molar refractivity (Wildman–Crippen MR) is 112 cm³/mol. The summed E-state index contributed by atoms with van der Waals surface area (Å²) in [7, 11) is 1.35. The highest BCUT2D eigenvalue weighted by molar-refractivity contribution is 7.10. The Labute approximate surface area is 171 Å². The number of amides is 1. The van der Waals surface area contributed by atoms with E-state index in [1.807, 2.05) is 0 Å². The number of nitrogens with zero attached hydrogens (tertiary/aromatic N) is 1. The van der Waals surface area contributed by atoms with E-state index >= 15 is 0 Å². The first kappa shape index (κ1) is 18.9. The molecule has 0 saturated heterocycles. The van der Waals surface area contributed by atoms with E-state index in [4.69, 9.17) is 4.74 Å². The molecule has 1 aliphatic heterocycles. The molecule has 0 aliphatic carbocycles. The van der Waals surface area contributed by atoms with Crippen molar-refractivity contribution in [1.29, 1.82) is 0 Å². The first-order valence-corrected chi connectivity index (χ1v) is 10.7. The fourth-order valence-electron chi connectivity index (χ4n) is 3.51. The number of carbonyl (C=O) groups is 2. The van der Waals surface area contributed by atoms with E-state index < -0.39 is 5.97 Å². The number of esters is 1. The quantitative estimate of drug-likeness (QED) is 0.639. The van der Waals surface area contributed by atoms with Crippen molar-refractivity contribution < 1.29 is 14.3 Å². The second kappa shape index (κ2) is 8.26. The third-order valence-electron chi connectivity index (χ3n) is 4.81. The molecule has 3 aromatic rings. The van der Waals surface area contributed by atoms with Crippen LogP contribution in [-0.4, -0.2) is 37.0 Å². The van der Waals surface area contributed by atoms with Gasteiger partial charge in [0.2, 0.25) is 5.91 Å². The SMILES string of the molecule is COC(=O)c1ccc(NC(=O)CN2CCc3sccc3[C@H]2c2cccs2)cc1. The zero-order chi connectivity index (χ0) is 19.5. The van der Waals surface area contributed by atoms with Gasteiger partial charge in [-0.2, -0.15) is 0 Å². The summed E-state index contributed by atoms with van der Waals surface area (Å²) in [6.07, 6.45) is 0.968. The van der Waals surface area contributed by atoms with Crippen molar-refractivity contribution in [2.75, 3.05) is 25.5 Å². The molecule has 0 saturated carbocycles. The fourth-order valence-corrected chi connectivity index (χ4v) is 5.29. The lowest BCUT2D eigenvalue weighted by Crippen LogP contribution is -2.40. The number of hydrogen-bond acceptors (Lipinski definition) is 6. The lowest BCUT2D eigenvalue weighted by molar-refractivity contribution is -0.117. The van der Waals surface area contributed by atoms with Crippen LogP contribution in [0.5, 0.6) is 0 Å². The molecular formula is C21H20N2O3S2. The predicted octanol–water partition coefficient (Wildman–Crippen LogP) is 4.18. The van der Waals surface area contributed by atoms with Crippen LogP contribution in [0.25, 0.3) is 0 Å². The molecule has 1 N–H and O–H groups in total. The smallest absolute Gasteiger partial charge is 0.337 e. The van der Waals surface area contributed by atoms with E-state index in [1.54, 1.807) is 46.9 Å². The molecule has 1 atom stereocenters. The molecule has 1 aliphatic rings. The van der Waals surface area contributed by atoms with Crippen LogP contribution >= 0.6 is 22.7 Å². The maximum absolute atomic E-state index is 12.7. The molecule has 0 bridgehead atoms. The molecule has 7 heteroatoms. The van der Waals surface area contributed by atoms with E-state index in [-0.39, 0.29) is 11.9 Å². The second-order valence-corrected chi connectivity index (χ2v) is 8.53. The number of ether oxygens (including phenoxy) is 1. The molecule has 2 aromatic heterocycles. The van der Waals surface area contributed by atoms with Gasteiger partial charge in [-0.15, -0.1) is 22.7 Å². The summed E-state index contributed by atoms with van der Waals surface area (Å²) in [5.74, 6) is -0.456. The number of benzene rings is 1. The maximum atomic E-state index is 12.7. The van der Waals surface area contributed by atoms with Gasteiger partial charge in [0.15, 0.2) is 0 Å². The van der Waals surface area contributed by atoms with E-state index in [0.29, 0.717) is 17.8 Å². The zero-order valence-corrected chi connectivity index (χ0v) is 17.0. The van der Waals surface area contributed by atoms with Gasteiger partial charge in [-0.05, 0) is 59.1 Å². The van der Waals surface area contributed by atoms with Crippen LogP contribution in [0.4, 0.5) is 5.69 Å². The van der Waals surface area contributed by atoms with E-state index in [1.165, 1.54) is 22.4 Å². The van der Waals surface area contributed by atoms with Crippen molar-refractivity contribution in [2.24, 2.45) is 0 Å². The summed E-state index contributed by atoms with van der Waals surface area (Å²) in [6, 6.07) is 13.2. The molecule has 144 valence electrons. The number of methoxy groups -OCH3 is 1. The second-order valence-electron chi connectivity index (χ2n) is 6.55. The minimum atomic E-state index is -0.392. The Morgan fingerprint density at radius 2 is 1.96 bits per heavy atom. The molecular weight excluding hydrogens is 392 g/mol. The monoisotopic (exact) mass is 412 g/mol. The minimum Gasteiger partial charge on any atom is -0.465 e. The molecule has 5 nitrogen and oxygen atoms in total. The minimum absolute atomic E-state index is 0.0638. The molecule has 0 radical (unpaired) electrons. The van der Waals surface area contributed by atoms with Gasteiger partial charge in [-0.1, -0.05) is 6.07 Å². The summed E-state index contributed by atoms with van der Waals surface area (Å²) in [5, 5.41) is 7.15. The summed E-state index contributed by atoms with van der Waals surface area (Å²) < 4.78 is 4.70. The van der Waals surface area contributed by atoms with Gasteiger partial charge < -0.3 is 10.1 Å². The number of rotatable bonds is 5.